The quantitative estimate of drug-likeness (QED) is 0.451. The van der Waals surface area contributed by atoms with Crippen LogP contribution in [0.15, 0.2) is 53.9 Å². The first-order valence-electron chi connectivity index (χ1n) is 8.85. The fraction of sp³-hybridized carbons (Fsp3) is 0.211. The average Bonchev–Trinajstić information content (AvgIpc) is 3.16. The Labute approximate surface area is 171 Å². The molecule has 0 spiro atoms. The first kappa shape index (κ1) is 20.3. The average molecular weight is 412 g/mol. The summed E-state index contributed by atoms with van der Waals surface area (Å²) in [5.41, 5.74) is 6.20. The smallest absolute Gasteiger partial charge is 0.248 e. The molecule has 0 radical (unpaired) electrons. The van der Waals surface area contributed by atoms with Crippen LogP contribution in [-0.4, -0.2) is 43.9 Å². The highest BCUT2D eigenvalue weighted by atomic mass is 32.2. The van der Waals surface area contributed by atoms with E-state index in [1.165, 1.54) is 18.7 Å². The maximum Gasteiger partial charge on any atom is 0.248 e. The Hall–Kier alpha value is -3.40. The number of rotatable bonds is 7. The monoisotopic (exact) mass is 412 g/mol. The second-order valence-corrected chi connectivity index (χ2v) is 6.77. The van der Waals surface area contributed by atoms with Crippen molar-refractivity contribution in [1.82, 2.24) is 30.6 Å². The molecule has 0 saturated carbocycles. The molecule has 2 N–H and O–H groups in total. The number of pyridine rings is 1. The number of nitrogens with zero attached hydrogens (tertiary/aromatic N) is 4. The first-order valence-corrected chi connectivity index (χ1v) is 9.84. The van der Waals surface area contributed by atoms with Gasteiger partial charge in [-0.1, -0.05) is 11.8 Å². The number of ether oxygens (including phenoxy) is 1. The molecule has 0 bridgehead atoms. The second-order valence-electron chi connectivity index (χ2n) is 5.83. The second kappa shape index (κ2) is 9.69. The molecule has 0 aliphatic carbocycles. The van der Waals surface area contributed by atoms with Gasteiger partial charge in [0.25, 0.3) is 0 Å². The predicted octanol–water partition coefficient (Wildman–Crippen LogP) is 1.99. The Morgan fingerprint density at radius 2 is 1.93 bits per heavy atom. The summed E-state index contributed by atoms with van der Waals surface area (Å²) in [4.78, 5) is 27.0. The number of amides is 2. The Kier molecular flexibility index (Phi) is 6.80. The van der Waals surface area contributed by atoms with Crippen molar-refractivity contribution in [1.29, 1.82) is 0 Å². The van der Waals surface area contributed by atoms with E-state index in [1.54, 1.807) is 12.4 Å². The van der Waals surface area contributed by atoms with Gasteiger partial charge in [-0.3, -0.25) is 30.0 Å². The molecule has 10 heteroatoms. The number of hydrazine groups is 1. The largest absolute Gasteiger partial charge is 0.494 e. The van der Waals surface area contributed by atoms with E-state index in [4.69, 9.17) is 4.74 Å². The van der Waals surface area contributed by atoms with Crippen LogP contribution >= 0.6 is 11.8 Å². The Balaban J connectivity index is 1.89. The fourth-order valence-corrected chi connectivity index (χ4v) is 3.21. The molecule has 0 aliphatic rings. The van der Waals surface area contributed by atoms with E-state index in [-0.39, 0.29) is 17.6 Å². The zero-order chi connectivity index (χ0) is 20.6. The lowest BCUT2D eigenvalue weighted by molar-refractivity contribution is -0.126. The fourth-order valence-electron chi connectivity index (χ4n) is 2.46. The van der Waals surface area contributed by atoms with E-state index < -0.39 is 0 Å². The molecule has 0 fully saturated rings. The maximum absolute atomic E-state index is 11.9. The van der Waals surface area contributed by atoms with E-state index in [9.17, 15) is 9.59 Å². The molecule has 0 unspecified atom stereocenters. The SMILES string of the molecule is CCOc1ccc(-n2c(SCC(=O)NNC(C)=O)nnc2-c2cccnc2)cc1. The molecule has 29 heavy (non-hydrogen) atoms. The van der Waals surface area contributed by atoms with Gasteiger partial charge in [0, 0.05) is 30.6 Å². The standard InChI is InChI=1S/C19H20N6O3S/c1-3-28-16-8-6-15(7-9-16)25-18(14-5-4-10-20-11-14)23-24-19(25)29-12-17(27)22-21-13(2)26/h4-11H,3,12H2,1-2H3,(H,21,26)(H,22,27). The van der Waals surface area contributed by atoms with Gasteiger partial charge in [0.2, 0.25) is 11.8 Å². The van der Waals surface area contributed by atoms with E-state index in [0.29, 0.717) is 17.6 Å². The van der Waals surface area contributed by atoms with Crippen molar-refractivity contribution < 1.29 is 14.3 Å². The van der Waals surface area contributed by atoms with Crippen molar-refractivity contribution in [3.8, 4) is 22.8 Å². The van der Waals surface area contributed by atoms with Crippen LogP contribution in [0.4, 0.5) is 0 Å². The molecule has 0 saturated heterocycles. The molecule has 3 rings (SSSR count). The maximum atomic E-state index is 11.9. The molecule has 2 amide bonds. The summed E-state index contributed by atoms with van der Waals surface area (Å²) in [6, 6.07) is 11.2. The van der Waals surface area contributed by atoms with Crippen LogP contribution in [0, 0.1) is 0 Å². The molecule has 0 atom stereocenters. The van der Waals surface area contributed by atoms with Gasteiger partial charge < -0.3 is 4.74 Å². The number of aromatic nitrogens is 4. The van der Waals surface area contributed by atoms with Crippen molar-refractivity contribution in [2.24, 2.45) is 0 Å². The van der Waals surface area contributed by atoms with Gasteiger partial charge in [0.1, 0.15) is 5.75 Å². The highest BCUT2D eigenvalue weighted by Gasteiger charge is 2.17. The van der Waals surface area contributed by atoms with Gasteiger partial charge in [-0.15, -0.1) is 10.2 Å². The van der Waals surface area contributed by atoms with Crippen LogP contribution in [0.5, 0.6) is 5.75 Å². The Morgan fingerprint density at radius 3 is 2.59 bits per heavy atom. The summed E-state index contributed by atoms with van der Waals surface area (Å²) in [7, 11) is 0. The van der Waals surface area contributed by atoms with Crippen molar-refractivity contribution >= 4 is 23.6 Å². The minimum Gasteiger partial charge on any atom is -0.494 e. The van der Waals surface area contributed by atoms with E-state index in [0.717, 1.165) is 17.0 Å². The minimum absolute atomic E-state index is 0.0580. The lowest BCUT2D eigenvalue weighted by Gasteiger charge is -2.11. The van der Waals surface area contributed by atoms with Gasteiger partial charge in [0.05, 0.1) is 12.4 Å². The van der Waals surface area contributed by atoms with Gasteiger partial charge in [-0.25, -0.2) is 0 Å². The van der Waals surface area contributed by atoms with Crippen LogP contribution in [0.25, 0.3) is 17.1 Å². The number of carbonyl (C=O) groups excluding carboxylic acids is 2. The number of hydrogen-bond acceptors (Lipinski definition) is 7. The van der Waals surface area contributed by atoms with Gasteiger partial charge in [-0.2, -0.15) is 0 Å². The van der Waals surface area contributed by atoms with Crippen LogP contribution in [0.2, 0.25) is 0 Å². The highest BCUT2D eigenvalue weighted by Crippen LogP contribution is 2.28. The van der Waals surface area contributed by atoms with Gasteiger partial charge in [0.15, 0.2) is 11.0 Å². The van der Waals surface area contributed by atoms with Gasteiger partial charge in [-0.05, 0) is 43.3 Å². The molecule has 1 aromatic carbocycles. The van der Waals surface area contributed by atoms with Crippen molar-refractivity contribution in [2.75, 3.05) is 12.4 Å². The third-order valence-corrected chi connectivity index (χ3v) is 4.60. The summed E-state index contributed by atoms with van der Waals surface area (Å²) in [6.45, 7) is 3.82. The number of nitrogens with one attached hydrogen (secondary N) is 2. The normalized spacial score (nSPS) is 10.4. The van der Waals surface area contributed by atoms with E-state index >= 15 is 0 Å². The highest BCUT2D eigenvalue weighted by molar-refractivity contribution is 7.99. The van der Waals surface area contributed by atoms with Crippen LogP contribution in [-0.2, 0) is 9.59 Å². The number of benzene rings is 1. The molecule has 0 aliphatic heterocycles. The Bertz CT molecular complexity index is 975. The summed E-state index contributed by atoms with van der Waals surface area (Å²) in [5, 5.41) is 9.07. The molecular formula is C19H20N6O3S. The third-order valence-electron chi connectivity index (χ3n) is 3.67. The lowest BCUT2D eigenvalue weighted by atomic mass is 10.2. The molecule has 2 aromatic heterocycles. The van der Waals surface area contributed by atoms with Crippen LogP contribution in [0.1, 0.15) is 13.8 Å². The molecule has 3 aromatic rings. The van der Waals surface area contributed by atoms with Crippen molar-refractivity contribution in [3.05, 3.63) is 48.8 Å². The van der Waals surface area contributed by atoms with Crippen LogP contribution < -0.4 is 15.6 Å². The van der Waals surface area contributed by atoms with E-state index in [2.05, 4.69) is 26.0 Å². The number of thioether (sulfide) groups is 1. The number of hydrogen-bond donors (Lipinski definition) is 2. The topological polar surface area (TPSA) is 111 Å². The van der Waals surface area contributed by atoms with E-state index in [1.807, 2.05) is 47.9 Å². The van der Waals surface area contributed by atoms with Crippen molar-refractivity contribution in [2.45, 2.75) is 19.0 Å². The number of carbonyl (C=O) groups is 2. The molecule has 2 heterocycles. The Morgan fingerprint density at radius 1 is 1.14 bits per heavy atom. The van der Waals surface area contributed by atoms with Gasteiger partial charge >= 0.3 is 0 Å². The predicted molar refractivity (Wildman–Crippen MR) is 108 cm³/mol. The summed E-state index contributed by atoms with van der Waals surface area (Å²) < 4.78 is 7.36. The molecule has 150 valence electrons. The van der Waals surface area contributed by atoms with Crippen molar-refractivity contribution in [3.63, 3.8) is 0 Å². The minimum atomic E-state index is -0.352. The lowest BCUT2D eigenvalue weighted by Crippen LogP contribution is -2.41. The summed E-state index contributed by atoms with van der Waals surface area (Å²) in [6.07, 6.45) is 3.39. The molecule has 9 nitrogen and oxygen atoms in total. The third kappa shape index (κ3) is 5.32. The zero-order valence-corrected chi connectivity index (χ0v) is 16.8. The summed E-state index contributed by atoms with van der Waals surface area (Å²) >= 11 is 1.21. The first-order chi connectivity index (χ1) is 14.1. The summed E-state index contributed by atoms with van der Waals surface area (Å²) in [5.74, 6) is 0.722. The van der Waals surface area contributed by atoms with Crippen LogP contribution in [0.3, 0.4) is 0 Å². The zero-order valence-electron chi connectivity index (χ0n) is 16.0. The molecular weight excluding hydrogens is 392 g/mol.